The molecule has 1 aromatic carbocycles. The normalized spacial score (nSPS) is 18.2. The average Bonchev–Trinajstić information content (AvgIpc) is 2.28. The van der Waals surface area contributed by atoms with Crippen molar-refractivity contribution in [1.82, 2.24) is 9.80 Å². The fourth-order valence-electron chi connectivity index (χ4n) is 2.41. The van der Waals surface area contributed by atoms with Crippen molar-refractivity contribution >= 4 is 5.91 Å². The number of piperazine rings is 1. The van der Waals surface area contributed by atoms with Crippen molar-refractivity contribution in [2.45, 2.75) is 32.9 Å². The Morgan fingerprint density at radius 1 is 1.11 bits per heavy atom. The Balaban J connectivity index is 1.95. The zero-order valence-corrected chi connectivity index (χ0v) is 11.5. The van der Waals surface area contributed by atoms with Gasteiger partial charge in [0.2, 0.25) is 5.91 Å². The van der Waals surface area contributed by atoms with Crippen molar-refractivity contribution in [3.05, 3.63) is 35.9 Å². The molecule has 0 unspecified atom stereocenters. The van der Waals surface area contributed by atoms with Gasteiger partial charge < -0.3 is 4.90 Å². The van der Waals surface area contributed by atoms with Crippen molar-refractivity contribution in [3.8, 4) is 0 Å². The van der Waals surface area contributed by atoms with E-state index in [1.807, 2.05) is 23.1 Å². The van der Waals surface area contributed by atoms with Crippen LogP contribution in [-0.4, -0.2) is 40.9 Å². The van der Waals surface area contributed by atoms with E-state index in [1.54, 1.807) is 0 Å². The van der Waals surface area contributed by atoms with Crippen molar-refractivity contribution < 1.29 is 4.79 Å². The summed E-state index contributed by atoms with van der Waals surface area (Å²) in [6, 6.07) is 10.3. The lowest BCUT2D eigenvalue weighted by Crippen LogP contribution is -2.56. The van der Waals surface area contributed by atoms with Crippen LogP contribution in [0.25, 0.3) is 0 Å². The number of benzene rings is 1. The summed E-state index contributed by atoms with van der Waals surface area (Å²) < 4.78 is 0. The van der Waals surface area contributed by atoms with Crippen LogP contribution in [0.3, 0.4) is 0 Å². The second-order valence-corrected chi connectivity index (χ2v) is 5.91. The molecule has 3 nitrogen and oxygen atoms in total. The summed E-state index contributed by atoms with van der Waals surface area (Å²) in [6.07, 6.45) is 0. The smallest absolute Gasteiger partial charge is 0.237 e. The van der Waals surface area contributed by atoms with Crippen LogP contribution in [0.4, 0.5) is 0 Å². The van der Waals surface area contributed by atoms with Gasteiger partial charge >= 0.3 is 0 Å². The van der Waals surface area contributed by atoms with Gasteiger partial charge in [-0.3, -0.25) is 9.69 Å². The van der Waals surface area contributed by atoms with Gasteiger partial charge in [-0.2, -0.15) is 0 Å². The molecule has 1 amide bonds. The summed E-state index contributed by atoms with van der Waals surface area (Å²) in [5, 5.41) is 0. The molecule has 1 aliphatic heterocycles. The maximum absolute atomic E-state index is 12.1. The largest absolute Gasteiger partial charge is 0.335 e. The van der Waals surface area contributed by atoms with Crippen LogP contribution < -0.4 is 0 Å². The Kier molecular flexibility index (Phi) is 3.71. The fraction of sp³-hybridized carbons (Fsp3) is 0.533. The van der Waals surface area contributed by atoms with Gasteiger partial charge in [0.1, 0.15) is 0 Å². The number of rotatable bonds is 2. The molecule has 1 aliphatic rings. The molecule has 1 saturated heterocycles. The highest BCUT2D eigenvalue weighted by Gasteiger charge is 2.31. The Morgan fingerprint density at radius 2 is 1.78 bits per heavy atom. The molecule has 0 saturated carbocycles. The summed E-state index contributed by atoms with van der Waals surface area (Å²) in [7, 11) is 0. The van der Waals surface area contributed by atoms with E-state index in [9.17, 15) is 4.79 Å². The van der Waals surface area contributed by atoms with Gasteiger partial charge in [0.15, 0.2) is 0 Å². The van der Waals surface area contributed by atoms with Crippen LogP contribution in [-0.2, 0) is 11.3 Å². The number of carbonyl (C=O) groups excluding carboxylic acids is 1. The third-order valence-electron chi connectivity index (χ3n) is 3.36. The maximum Gasteiger partial charge on any atom is 0.237 e. The predicted molar refractivity (Wildman–Crippen MR) is 73.2 cm³/mol. The van der Waals surface area contributed by atoms with Gasteiger partial charge in [-0.25, -0.2) is 0 Å². The maximum atomic E-state index is 12.1. The highest BCUT2D eigenvalue weighted by atomic mass is 16.2. The zero-order chi connectivity index (χ0) is 13.2. The first-order valence-electron chi connectivity index (χ1n) is 6.53. The third-order valence-corrected chi connectivity index (χ3v) is 3.36. The van der Waals surface area contributed by atoms with E-state index in [2.05, 4.69) is 37.8 Å². The van der Waals surface area contributed by atoms with Crippen LogP contribution in [0.5, 0.6) is 0 Å². The van der Waals surface area contributed by atoms with E-state index in [4.69, 9.17) is 0 Å². The number of nitrogens with zero attached hydrogens (tertiary/aromatic N) is 2. The van der Waals surface area contributed by atoms with Gasteiger partial charge in [-0.15, -0.1) is 0 Å². The molecule has 3 heteroatoms. The molecule has 0 aromatic heterocycles. The average molecular weight is 246 g/mol. The minimum absolute atomic E-state index is 0.0596. The summed E-state index contributed by atoms with van der Waals surface area (Å²) in [4.78, 5) is 16.3. The summed E-state index contributed by atoms with van der Waals surface area (Å²) in [5.41, 5.74) is 1.21. The number of carbonyl (C=O) groups is 1. The quantitative estimate of drug-likeness (QED) is 0.798. The van der Waals surface area contributed by atoms with Crippen LogP contribution in [0, 0.1) is 0 Å². The van der Waals surface area contributed by atoms with Gasteiger partial charge in [0.05, 0.1) is 6.54 Å². The minimum atomic E-state index is -0.0596. The molecule has 0 radical (unpaired) electrons. The van der Waals surface area contributed by atoms with Gasteiger partial charge in [-0.1, -0.05) is 30.3 Å². The molecular weight excluding hydrogens is 224 g/mol. The SMILES string of the molecule is CC(C)(C)N1CCN(Cc2ccccc2)CC1=O. The third kappa shape index (κ3) is 3.10. The first-order valence-corrected chi connectivity index (χ1v) is 6.53. The van der Waals surface area contributed by atoms with E-state index in [1.165, 1.54) is 5.56 Å². The van der Waals surface area contributed by atoms with Crippen LogP contribution in [0.1, 0.15) is 26.3 Å². The summed E-state index contributed by atoms with van der Waals surface area (Å²) in [5.74, 6) is 0.240. The Hall–Kier alpha value is -1.35. The number of hydrogen-bond acceptors (Lipinski definition) is 2. The second kappa shape index (κ2) is 5.11. The number of amides is 1. The molecule has 0 aliphatic carbocycles. The first-order chi connectivity index (χ1) is 8.47. The molecule has 0 N–H and O–H groups in total. The monoisotopic (exact) mass is 246 g/mol. The predicted octanol–water partition coefficient (Wildman–Crippen LogP) is 2.13. The molecule has 1 aromatic rings. The molecule has 1 heterocycles. The Morgan fingerprint density at radius 3 is 2.33 bits per heavy atom. The molecule has 2 rings (SSSR count). The van der Waals surface area contributed by atoms with Crippen molar-refractivity contribution in [3.63, 3.8) is 0 Å². The lowest BCUT2D eigenvalue weighted by Gasteiger charge is -2.42. The topological polar surface area (TPSA) is 23.6 Å². The van der Waals surface area contributed by atoms with Gasteiger partial charge in [0.25, 0.3) is 0 Å². The summed E-state index contributed by atoms with van der Waals surface area (Å²) in [6.45, 7) is 9.47. The Labute approximate surface area is 109 Å². The van der Waals surface area contributed by atoms with E-state index in [0.717, 1.165) is 19.6 Å². The highest BCUT2D eigenvalue weighted by Crippen LogP contribution is 2.18. The van der Waals surface area contributed by atoms with Crippen molar-refractivity contribution in [2.24, 2.45) is 0 Å². The number of hydrogen-bond donors (Lipinski definition) is 0. The zero-order valence-electron chi connectivity index (χ0n) is 11.5. The van der Waals surface area contributed by atoms with E-state index < -0.39 is 0 Å². The van der Waals surface area contributed by atoms with E-state index in [-0.39, 0.29) is 11.4 Å². The van der Waals surface area contributed by atoms with Crippen LogP contribution in [0.15, 0.2) is 30.3 Å². The lowest BCUT2D eigenvalue weighted by molar-refractivity contribution is -0.141. The Bertz CT molecular complexity index is 408. The van der Waals surface area contributed by atoms with Crippen LogP contribution >= 0.6 is 0 Å². The van der Waals surface area contributed by atoms with Crippen molar-refractivity contribution in [2.75, 3.05) is 19.6 Å². The van der Waals surface area contributed by atoms with Gasteiger partial charge in [-0.05, 0) is 26.3 Å². The molecule has 18 heavy (non-hydrogen) atoms. The first kappa shape index (κ1) is 13.1. The van der Waals surface area contributed by atoms with E-state index in [0.29, 0.717) is 6.54 Å². The summed E-state index contributed by atoms with van der Waals surface area (Å²) >= 11 is 0. The standard InChI is InChI=1S/C15H22N2O/c1-15(2,3)17-10-9-16(12-14(17)18)11-13-7-5-4-6-8-13/h4-8H,9-12H2,1-3H3. The molecule has 0 atom stereocenters. The highest BCUT2D eigenvalue weighted by molar-refractivity contribution is 5.79. The molecule has 1 fully saturated rings. The fourth-order valence-corrected chi connectivity index (χ4v) is 2.41. The molecule has 0 bridgehead atoms. The second-order valence-electron chi connectivity index (χ2n) is 5.91. The van der Waals surface area contributed by atoms with Crippen LogP contribution in [0.2, 0.25) is 0 Å². The lowest BCUT2D eigenvalue weighted by atomic mass is 10.0. The molecule has 98 valence electrons. The minimum Gasteiger partial charge on any atom is -0.335 e. The molecule has 0 spiro atoms. The van der Waals surface area contributed by atoms with Crippen molar-refractivity contribution in [1.29, 1.82) is 0 Å². The van der Waals surface area contributed by atoms with Gasteiger partial charge in [0, 0.05) is 25.2 Å². The van der Waals surface area contributed by atoms with E-state index >= 15 is 0 Å². The molecular formula is C15H22N2O.